The average molecular weight is 467 g/mol. The molecular weight excluding hydrogens is 445 g/mol. The van der Waals surface area contributed by atoms with Crippen molar-refractivity contribution in [1.29, 1.82) is 0 Å². The van der Waals surface area contributed by atoms with Gasteiger partial charge >= 0.3 is 0 Å². The Morgan fingerprint density at radius 2 is 1.72 bits per heavy atom. The Bertz CT molecular complexity index is 767. The van der Waals surface area contributed by atoms with Gasteiger partial charge in [-0.15, -0.1) is 0 Å². The minimum Gasteiger partial charge on any atom is -0.532 e. The zero-order valence-corrected chi connectivity index (χ0v) is 18.0. The molecule has 0 aliphatic rings. The lowest BCUT2D eigenvalue weighted by Crippen LogP contribution is -2.24. The Morgan fingerprint density at radius 3 is 2.32 bits per heavy atom. The number of halogens is 1. The average Bonchev–Trinajstić information content (AvgIpc) is 2.54. The van der Waals surface area contributed by atoms with Crippen LogP contribution in [0.5, 0.6) is 17.2 Å². The van der Waals surface area contributed by atoms with E-state index < -0.39 is 8.32 Å². The summed E-state index contributed by atoms with van der Waals surface area (Å²) in [6.45, 7) is 10.2. The fourth-order valence-electron chi connectivity index (χ4n) is 2.01. The smallest absolute Gasteiger partial charge is 0.244 e. The minimum atomic E-state index is -1.71. The minimum absolute atomic E-state index is 0.424. The van der Waals surface area contributed by atoms with Crippen molar-refractivity contribution in [2.75, 3.05) is 7.11 Å². The molecule has 0 radical (unpaired) electrons. The van der Waals surface area contributed by atoms with E-state index in [0.717, 1.165) is 26.4 Å². The third kappa shape index (κ3) is 6.54. The summed E-state index contributed by atoms with van der Waals surface area (Å²) in [4.78, 5) is 4.34. The van der Waals surface area contributed by atoms with Crippen LogP contribution in [0.15, 0.2) is 59.9 Å². The van der Waals surface area contributed by atoms with Crippen LogP contribution in [0.1, 0.15) is 5.56 Å². The molecule has 0 atom stereocenters. The highest BCUT2D eigenvalue weighted by Crippen LogP contribution is 2.27. The van der Waals surface area contributed by atoms with Gasteiger partial charge in [-0.05, 0) is 91.3 Å². The quantitative estimate of drug-likeness (QED) is 0.223. The van der Waals surface area contributed by atoms with Crippen LogP contribution in [0.25, 0.3) is 0 Å². The summed E-state index contributed by atoms with van der Waals surface area (Å²) in [5, 5.41) is 0. The zero-order valence-electron chi connectivity index (χ0n) is 14.9. The fraction of sp³-hybridized carbons (Fsp3) is 0.211. The molecule has 0 unspecified atom stereocenters. The molecule has 4 nitrogen and oxygen atoms in total. The molecule has 0 aliphatic heterocycles. The molecule has 0 bridgehead atoms. The number of nitrogens with zero attached hydrogens (tertiary/aromatic N) is 1. The van der Waals surface area contributed by atoms with E-state index in [2.05, 4.69) is 53.8 Å². The summed E-state index contributed by atoms with van der Waals surface area (Å²) < 4.78 is 18.0. The molecule has 2 aromatic carbocycles. The van der Waals surface area contributed by atoms with Crippen LogP contribution < -0.4 is 9.47 Å². The zero-order chi connectivity index (χ0) is 18.4. The van der Waals surface area contributed by atoms with Gasteiger partial charge in [-0.1, -0.05) is 0 Å². The number of methoxy groups -OCH3 is 1. The van der Waals surface area contributed by atoms with E-state index in [4.69, 9.17) is 13.9 Å². The largest absolute Gasteiger partial charge is 0.532 e. The fourth-order valence-corrected chi connectivity index (χ4v) is 3.28. The van der Waals surface area contributed by atoms with Gasteiger partial charge in [0.2, 0.25) is 8.32 Å². The molecule has 0 spiro atoms. The van der Waals surface area contributed by atoms with Gasteiger partial charge in [-0.25, -0.2) is 4.99 Å². The molecule has 0 N–H and O–H groups in total. The summed E-state index contributed by atoms with van der Waals surface area (Å²) in [6.07, 6.45) is 1.73. The second-order valence-corrected chi connectivity index (χ2v) is 12.0. The predicted molar refractivity (Wildman–Crippen MR) is 113 cm³/mol. The van der Waals surface area contributed by atoms with Gasteiger partial charge < -0.3 is 13.9 Å². The maximum absolute atomic E-state index is 5.99. The molecule has 2 aromatic rings. The number of hydrogen-bond acceptors (Lipinski definition) is 4. The SMILES string of the molecule is C=C(/N=C/c1cc(I)ccc1Oc1ccc(OC)cc1)O[Si](C)(C)C. The van der Waals surface area contributed by atoms with E-state index in [1.807, 2.05) is 42.5 Å². The highest BCUT2D eigenvalue weighted by atomic mass is 127. The molecule has 25 heavy (non-hydrogen) atoms. The molecule has 0 aliphatic carbocycles. The van der Waals surface area contributed by atoms with Gasteiger partial charge in [0.15, 0.2) is 5.88 Å². The Hall–Kier alpha value is -1.80. The Balaban J connectivity index is 2.20. The third-order valence-electron chi connectivity index (χ3n) is 3.03. The van der Waals surface area contributed by atoms with Crippen LogP contribution in [-0.2, 0) is 4.43 Å². The van der Waals surface area contributed by atoms with Crippen LogP contribution in [0, 0.1) is 3.57 Å². The normalized spacial score (nSPS) is 11.4. The highest BCUT2D eigenvalue weighted by molar-refractivity contribution is 14.1. The third-order valence-corrected chi connectivity index (χ3v) is 4.55. The Labute approximate surface area is 163 Å². The number of rotatable bonds is 7. The summed E-state index contributed by atoms with van der Waals surface area (Å²) in [7, 11) is -0.0730. The predicted octanol–water partition coefficient (Wildman–Crippen LogP) is 5.83. The van der Waals surface area contributed by atoms with Crippen LogP contribution in [0.4, 0.5) is 0 Å². The van der Waals surface area contributed by atoms with Gasteiger partial charge in [0.05, 0.1) is 7.11 Å². The molecule has 132 valence electrons. The van der Waals surface area contributed by atoms with Gasteiger partial charge in [0.25, 0.3) is 0 Å². The molecule has 6 heteroatoms. The summed E-state index contributed by atoms with van der Waals surface area (Å²) in [6, 6.07) is 13.4. The summed E-state index contributed by atoms with van der Waals surface area (Å²) in [5.74, 6) is 2.66. The van der Waals surface area contributed by atoms with Crippen LogP contribution >= 0.6 is 22.6 Å². The van der Waals surface area contributed by atoms with Gasteiger partial charge in [-0.3, -0.25) is 0 Å². The lowest BCUT2D eigenvalue weighted by atomic mass is 10.2. The first kappa shape index (κ1) is 19.5. The van der Waals surface area contributed by atoms with Crippen molar-refractivity contribution in [3.05, 3.63) is 64.1 Å². The first-order chi connectivity index (χ1) is 11.8. The second kappa shape index (κ2) is 8.53. The van der Waals surface area contributed by atoms with E-state index in [0.29, 0.717) is 5.88 Å². The summed E-state index contributed by atoms with van der Waals surface area (Å²) >= 11 is 2.26. The van der Waals surface area contributed by atoms with Crippen molar-refractivity contribution in [3.8, 4) is 17.2 Å². The number of hydrogen-bond donors (Lipinski definition) is 0. The van der Waals surface area contributed by atoms with Crippen LogP contribution in [0.3, 0.4) is 0 Å². The standard InChI is InChI=1S/C19H22INO3Si/c1-14(24-25(3,4)5)21-13-15-12-16(20)6-11-19(15)23-18-9-7-17(22-2)8-10-18/h6-13H,1H2,2-5H3/b21-13+. The van der Waals surface area contributed by atoms with E-state index in [9.17, 15) is 0 Å². The lowest BCUT2D eigenvalue weighted by Gasteiger charge is -2.18. The number of benzene rings is 2. The topological polar surface area (TPSA) is 40.0 Å². The van der Waals surface area contributed by atoms with Crippen molar-refractivity contribution >= 4 is 37.1 Å². The number of aliphatic imine (C=N–C) groups is 1. The van der Waals surface area contributed by atoms with Crippen molar-refractivity contribution < 1.29 is 13.9 Å². The maximum atomic E-state index is 5.99. The van der Waals surface area contributed by atoms with Crippen LogP contribution in [0.2, 0.25) is 19.6 Å². The molecule has 2 rings (SSSR count). The molecule has 0 saturated heterocycles. The summed E-state index contributed by atoms with van der Waals surface area (Å²) in [5.41, 5.74) is 0.864. The van der Waals surface area contributed by atoms with Crippen molar-refractivity contribution in [1.82, 2.24) is 0 Å². The Kier molecular flexibility index (Phi) is 6.66. The van der Waals surface area contributed by atoms with E-state index in [1.54, 1.807) is 13.3 Å². The molecule has 0 heterocycles. The van der Waals surface area contributed by atoms with E-state index in [1.165, 1.54) is 0 Å². The van der Waals surface area contributed by atoms with E-state index >= 15 is 0 Å². The monoisotopic (exact) mass is 467 g/mol. The van der Waals surface area contributed by atoms with Crippen molar-refractivity contribution in [2.45, 2.75) is 19.6 Å². The van der Waals surface area contributed by atoms with Crippen molar-refractivity contribution in [3.63, 3.8) is 0 Å². The molecule has 0 aromatic heterocycles. The molecular formula is C19H22INO3Si. The molecule has 0 amide bonds. The Morgan fingerprint density at radius 1 is 1.08 bits per heavy atom. The van der Waals surface area contributed by atoms with Gasteiger partial charge in [-0.2, -0.15) is 0 Å². The molecule has 0 saturated carbocycles. The highest BCUT2D eigenvalue weighted by Gasteiger charge is 2.16. The van der Waals surface area contributed by atoms with Gasteiger partial charge in [0, 0.05) is 15.3 Å². The van der Waals surface area contributed by atoms with Gasteiger partial charge in [0.1, 0.15) is 17.2 Å². The van der Waals surface area contributed by atoms with E-state index in [-0.39, 0.29) is 0 Å². The van der Waals surface area contributed by atoms with Crippen LogP contribution in [-0.4, -0.2) is 21.6 Å². The second-order valence-electron chi connectivity index (χ2n) is 6.33. The van der Waals surface area contributed by atoms with Crippen molar-refractivity contribution in [2.24, 2.45) is 4.99 Å². The number of ether oxygens (including phenoxy) is 2. The maximum Gasteiger partial charge on any atom is 0.244 e. The first-order valence-electron chi connectivity index (χ1n) is 7.80. The lowest BCUT2D eigenvalue weighted by molar-refractivity contribution is 0.412. The first-order valence-corrected chi connectivity index (χ1v) is 12.3. The molecule has 0 fully saturated rings.